The Kier molecular flexibility index (Phi) is 9.57. The van der Waals surface area contributed by atoms with Gasteiger partial charge in [-0.2, -0.15) is 0 Å². The normalized spacial score (nSPS) is 12.5. The first-order chi connectivity index (χ1) is 18.1. The van der Waals surface area contributed by atoms with Crippen molar-refractivity contribution in [1.29, 1.82) is 0 Å². The molecule has 1 N–H and O–H groups in total. The molecule has 3 aromatic rings. The number of methoxy groups -OCH3 is 3. The number of nitrogens with zero attached hydrogens (tertiary/aromatic N) is 1. The van der Waals surface area contributed by atoms with Gasteiger partial charge in [-0.05, 0) is 25.5 Å². The van der Waals surface area contributed by atoms with Crippen LogP contribution in [0.2, 0.25) is 0 Å². The van der Waals surface area contributed by atoms with Crippen LogP contribution in [0, 0.1) is 17.6 Å². The van der Waals surface area contributed by atoms with Gasteiger partial charge in [0.25, 0.3) is 0 Å². The summed E-state index contributed by atoms with van der Waals surface area (Å²) in [7, 11) is 4.21. The van der Waals surface area contributed by atoms with E-state index in [4.69, 9.17) is 31.2 Å². The third-order valence-corrected chi connectivity index (χ3v) is 6.46. The van der Waals surface area contributed by atoms with Crippen molar-refractivity contribution < 1.29 is 37.6 Å². The molecule has 38 heavy (non-hydrogen) atoms. The smallest absolute Gasteiger partial charge is 0.309 e. The van der Waals surface area contributed by atoms with Gasteiger partial charge in [-0.25, -0.2) is 8.78 Å². The molecule has 0 radical (unpaired) electrons. The molecular formula is C28H29F2NO6S. The molecule has 0 aliphatic rings. The predicted molar refractivity (Wildman–Crippen MR) is 141 cm³/mol. The minimum atomic E-state index is -0.805. The Morgan fingerprint density at radius 1 is 0.921 bits per heavy atom. The minimum absolute atomic E-state index is 0.0824. The summed E-state index contributed by atoms with van der Waals surface area (Å²) in [4.78, 5) is 17.5. The molecular weight excluding hydrogens is 516 g/mol. The largest absolute Gasteiger partial charge is 0.503 e. The number of thiocarbonyl (C=S) groups is 1. The second-order valence-corrected chi connectivity index (χ2v) is 9.12. The van der Waals surface area contributed by atoms with Crippen LogP contribution in [0.15, 0.2) is 48.7 Å². The molecule has 2 aromatic carbocycles. The van der Waals surface area contributed by atoms with Crippen molar-refractivity contribution in [3.8, 4) is 23.0 Å². The Balaban J connectivity index is 1.89. The molecule has 10 heteroatoms. The zero-order valence-corrected chi connectivity index (χ0v) is 22.5. The van der Waals surface area contributed by atoms with E-state index < -0.39 is 35.5 Å². The van der Waals surface area contributed by atoms with Gasteiger partial charge >= 0.3 is 5.97 Å². The van der Waals surface area contributed by atoms with Gasteiger partial charge in [0.05, 0.1) is 33.2 Å². The van der Waals surface area contributed by atoms with Crippen LogP contribution < -0.4 is 14.2 Å². The summed E-state index contributed by atoms with van der Waals surface area (Å²) in [6.07, 6.45) is 0.724. The summed E-state index contributed by atoms with van der Waals surface area (Å²) in [5.74, 6) is -2.47. The van der Waals surface area contributed by atoms with Crippen LogP contribution in [0.5, 0.6) is 23.0 Å². The summed E-state index contributed by atoms with van der Waals surface area (Å²) in [6.45, 7) is 3.32. The monoisotopic (exact) mass is 545 g/mol. The maximum Gasteiger partial charge on any atom is 0.309 e. The second kappa shape index (κ2) is 12.6. The van der Waals surface area contributed by atoms with E-state index in [0.29, 0.717) is 11.1 Å². The molecule has 0 amide bonds. The van der Waals surface area contributed by atoms with E-state index in [1.54, 1.807) is 13.8 Å². The fourth-order valence-electron chi connectivity index (χ4n) is 4.19. The molecule has 1 heterocycles. The number of benzene rings is 2. The maximum absolute atomic E-state index is 14.0. The van der Waals surface area contributed by atoms with E-state index in [1.165, 1.54) is 70.0 Å². The molecule has 0 saturated heterocycles. The highest BCUT2D eigenvalue weighted by atomic mass is 32.1. The number of halogens is 2. The number of carbonyl (C=O) groups excluding carboxylic acids is 1. The third kappa shape index (κ3) is 6.36. The highest BCUT2D eigenvalue weighted by Gasteiger charge is 2.32. The first-order valence-electron chi connectivity index (χ1n) is 11.7. The van der Waals surface area contributed by atoms with E-state index in [9.17, 15) is 18.7 Å². The second-order valence-electron chi connectivity index (χ2n) is 8.63. The molecule has 202 valence electrons. The van der Waals surface area contributed by atoms with Gasteiger partial charge in [0.2, 0.25) is 0 Å². The molecule has 0 spiro atoms. The lowest BCUT2D eigenvalue weighted by molar-refractivity contribution is -0.153. The number of ether oxygens (including phenoxy) is 4. The number of hydrogen-bond acceptors (Lipinski definition) is 8. The lowest BCUT2D eigenvalue weighted by atomic mass is 9.85. The summed E-state index contributed by atoms with van der Waals surface area (Å²) in [6, 6.07) is 9.54. The molecule has 0 unspecified atom stereocenters. The number of hydrogen-bond donors (Lipinski definition) is 1. The van der Waals surface area contributed by atoms with Crippen molar-refractivity contribution in [3.05, 3.63) is 77.1 Å². The molecule has 0 aliphatic carbocycles. The number of carbonyl (C=O) groups is 1. The van der Waals surface area contributed by atoms with E-state index in [2.05, 4.69) is 4.98 Å². The Morgan fingerprint density at radius 2 is 1.45 bits per heavy atom. The van der Waals surface area contributed by atoms with Crippen molar-refractivity contribution in [3.63, 3.8) is 0 Å². The lowest BCUT2D eigenvalue weighted by Gasteiger charge is -2.28. The fraction of sp³-hybridized carbons (Fsp3) is 0.321. The van der Waals surface area contributed by atoms with E-state index in [0.717, 1.165) is 0 Å². The van der Waals surface area contributed by atoms with Gasteiger partial charge in [-0.15, -0.1) is 0 Å². The molecule has 0 bridgehead atoms. The summed E-state index contributed by atoms with van der Waals surface area (Å²) >= 11 is 5.43. The van der Waals surface area contributed by atoms with Gasteiger partial charge in [0.1, 0.15) is 34.9 Å². The van der Waals surface area contributed by atoms with Gasteiger partial charge in [-0.1, -0.05) is 31.3 Å². The van der Waals surface area contributed by atoms with Crippen molar-refractivity contribution in [2.45, 2.75) is 32.3 Å². The summed E-state index contributed by atoms with van der Waals surface area (Å²) < 4.78 is 49.7. The van der Waals surface area contributed by atoms with Crippen LogP contribution in [0.1, 0.15) is 43.0 Å². The summed E-state index contributed by atoms with van der Waals surface area (Å²) in [5.41, 5.74) is 1.19. The number of pyridine rings is 1. The summed E-state index contributed by atoms with van der Waals surface area (Å²) in [5, 5.41) is 10.4. The zero-order valence-electron chi connectivity index (χ0n) is 21.7. The number of esters is 1. The highest BCUT2D eigenvalue weighted by molar-refractivity contribution is 7.80. The average molecular weight is 546 g/mol. The van der Waals surface area contributed by atoms with Crippen LogP contribution >= 0.6 is 12.2 Å². The third-order valence-electron chi connectivity index (χ3n) is 6.10. The Labute approximate surface area is 225 Å². The SMILES string of the molecule is COc1cc(F)ccc1C(c1ccc(F)cc1OC)[C@H](C)OC(=O)[C@H](C)CC(=S)c1nccc(OC)c1O. The van der Waals surface area contributed by atoms with Crippen molar-refractivity contribution >= 4 is 23.1 Å². The van der Waals surface area contributed by atoms with Crippen LogP contribution in [0.25, 0.3) is 0 Å². The van der Waals surface area contributed by atoms with Gasteiger partial charge < -0.3 is 24.1 Å². The maximum atomic E-state index is 14.0. The standard InChI is InChI=1S/C28H29F2NO6S/c1-15(12-24(38)26-27(32)21(34-3)10-11-31-26)28(33)37-16(2)25(19-8-6-17(29)13-22(19)35-4)20-9-7-18(30)14-23(20)36-5/h6-11,13-16,25,32H,12H2,1-5H3/t15-,16+/m1/s1. The molecule has 0 fully saturated rings. The first-order valence-corrected chi connectivity index (χ1v) is 12.1. The minimum Gasteiger partial charge on any atom is -0.503 e. The Bertz CT molecular complexity index is 1260. The van der Waals surface area contributed by atoms with Gasteiger partial charge in [0, 0.05) is 40.4 Å². The Hall–Kier alpha value is -3.79. The fourth-order valence-corrected chi connectivity index (χ4v) is 4.59. The highest BCUT2D eigenvalue weighted by Crippen LogP contribution is 2.40. The van der Waals surface area contributed by atoms with E-state index >= 15 is 0 Å². The van der Waals surface area contributed by atoms with Crippen LogP contribution in [-0.4, -0.2) is 48.4 Å². The average Bonchev–Trinajstić information content (AvgIpc) is 2.90. The Morgan fingerprint density at radius 3 is 1.95 bits per heavy atom. The van der Waals surface area contributed by atoms with Crippen molar-refractivity contribution in [1.82, 2.24) is 4.98 Å². The van der Waals surface area contributed by atoms with Gasteiger partial charge in [0.15, 0.2) is 11.5 Å². The lowest BCUT2D eigenvalue weighted by Crippen LogP contribution is -2.28. The van der Waals surface area contributed by atoms with E-state index in [-0.39, 0.29) is 40.0 Å². The molecule has 3 rings (SSSR count). The molecule has 1 aromatic heterocycles. The molecule has 0 saturated carbocycles. The van der Waals surface area contributed by atoms with Crippen molar-refractivity contribution in [2.75, 3.05) is 21.3 Å². The quantitative estimate of drug-likeness (QED) is 0.189. The molecule has 7 nitrogen and oxygen atoms in total. The van der Waals surface area contributed by atoms with E-state index in [1.807, 2.05) is 0 Å². The van der Waals surface area contributed by atoms with Crippen LogP contribution in [0.4, 0.5) is 8.78 Å². The number of aromatic nitrogens is 1. The number of aromatic hydroxyl groups is 1. The van der Waals surface area contributed by atoms with Crippen molar-refractivity contribution in [2.24, 2.45) is 5.92 Å². The van der Waals surface area contributed by atoms with Crippen LogP contribution in [-0.2, 0) is 9.53 Å². The molecule has 0 aliphatic heterocycles. The zero-order chi connectivity index (χ0) is 28.0. The first kappa shape index (κ1) is 28.8. The predicted octanol–water partition coefficient (Wildman–Crippen LogP) is 5.60. The molecule has 2 atom stereocenters. The van der Waals surface area contributed by atoms with Gasteiger partial charge in [-0.3, -0.25) is 9.78 Å². The number of rotatable bonds is 11. The van der Waals surface area contributed by atoms with Crippen LogP contribution in [0.3, 0.4) is 0 Å². The topological polar surface area (TPSA) is 87.1 Å².